The van der Waals surface area contributed by atoms with E-state index in [-0.39, 0.29) is 45.2 Å². The molecule has 12 heteroatoms. The molecule has 1 aromatic heterocycles. The van der Waals surface area contributed by atoms with Gasteiger partial charge in [-0.2, -0.15) is 4.31 Å². The van der Waals surface area contributed by atoms with Gasteiger partial charge < -0.3 is 19.8 Å². The number of fused-ring (bicyclic) bond motifs is 1. The monoisotopic (exact) mass is 465 g/mol. The predicted octanol–water partition coefficient (Wildman–Crippen LogP) is 0.891. The molecule has 2 saturated heterocycles. The average Bonchev–Trinajstić information content (AvgIpc) is 2.77. The number of benzene rings is 1. The van der Waals surface area contributed by atoms with Crippen LogP contribution in [-0.2, 0) is 10.0 Å². The Morgan fingerprint density at radius 2 is 1.62 bits per heavy atom. The van der Waals surface area contributed by atoms with E-state index in [1.807, 2.05) is 4.90 Å². The van der Waals surface area contributed by atoms with Crippen molar-refractivity contribution in [1.29, 1.82) is 0 Å². The molecule has 2 fully saturated rings. The topological polar surface area (TPSA) is 114 Å². The highest BCUT2D eigenvalue weighted by Gasteiger charge is 2.31. The van der Waals surface area contributed by atoms with Gasteiger partial charge in [-0.05, 0) is 18.2 Å². The van der Waals surface area contributed by atoms with Gasteiger partial charge in [0.1, 0.15) is 5.82 Å². The van der Waals surface area contributed by atoms with Crippen LogP contribution < -0.4 is 4.90 Å². The molecule has 2 aliphatic rings. The van der Waals surface area contributed by atoms with E-state index < -0.39 is 21.9 Å². The highest BCUT2D eigenvalue weighted by Crippen LogP contribution is 2.32. The Balaban J connectivity index is 1.68. The largest absolute Gasteiger partial charge is 0.465 e. The molecule has 1 aromatic carbocycles. The molecule has 2 aromatic rings. The first-order chi connectivity index (χ1) is 15.1. The first kappa shape index (κ1) is 22.2. The second-order valence-electron chi connectivity index (χ2n) is 7.89. The maximum Gasteiger partial charge on any atom is 0.407 e. The zero-order valence-corrected chi connectivity index (χ0v) is 18.4. The van der Waals surface area contributed by atoms with Gasteiger partial charge in [-0.25, -0.2) is 17.6 Å². The quantitative estimate of drug-likeness (QED) is 0.716. The van der Waals surface area contributed by atoms with Crippen molar-refractivity contribution in [2.75, 3.05) is 63.5 Å². The van der Waals surface area contributed by atoms with Crippen LogP contribution in [0.3, 0.4) is 0 Å². The van der Waals surface area contributed by atoms with Gasteiger partial charge in [0.15, 0.2) is 0 Å². The Morgan fingerprint density at radius 3 is 2.22 bits per heavy atom. The maximum atomic E-state index is 14.1. The number of carboxylic acid groups (broad SMARTS) is 1. The molecule has 0 atom stereocenters. The lowest BCUT2D eigenvalue weighted by atomic mass is 10.1. The molecule has 0 spiro atoms. The maximum absolute atomic E-state index is 14.1. The fraction of sp³-hybridized carbons (Fsp3) is 0.450. The minimum atomic E-state index is -3.33. The van der Waals surface area contributed by atoms with E-state index in [1.54, 1.807) is 11.0 Å². The van der Waals surface area contributed by atoms with Gasteiger partial charge in [-0.3, -0.25) is 9.78 Å². The second-order valence-corrected chi connectivity index (χ2v) is 9.88. The van der Waals surface area contributed by atoms with Crippen LogP contribution in [0.15, 0.2) is 24.4 Å². The van der Waals surface area contributed by atoms with Gasteiger partial charge in [0, 0.05) is 63.9 Å². The average molecular weight is 466 g/mol. The molecule has 172 valence electrons. The van der Waals surface area contributed by atoms with Crippen LogP contribution >= 0.6 is 0 Å². The summed E-state index contributed by atoms with van der Waals surface area (Å²) in [5.74, 6) is -0.774. The first-order valence-corrected chi connectivity index (χ1v) is 12.1. The summed E-state index contributed by atoms with van der Waals surface area (Å²) in [6.07, 6.45) is 1.60. The lowest BCUT2D eigenvalue weighted by molar-refractivity contribution is 0.0698. The summed E-state index contributed by atoms with van der Waals surface area (Å²) in [5, 5.41) is 9.72. The van der Waals surface area contributed by atoms with Crippen molar-refractivity contribution in [2.24, 2.45) is 0 Å². The Bertz CT molecular complexity index is 1160. The third-order valence-corrected chi connectivity index (χ3v) is 7.20. The molecule has 0 bridgehead atoms. The number of carbonyl (C=O) groups excluding carboxylic acids is 1. The van der Waals surface area contributed by atoms with E-state index >= 15 is 0 Å². The van der Waals surface area contributed by atoms with Gasteiger partial charge in [-0.15, -0.1) is 0 Å². The fourth-order valence-corrected chi connectivity index (χ4v) is 4.99. The Labute approximate surface area is 184 Å². The van der Waals surface area contributed by atoms with Crippen LogP contribution in [0.5, 0.6) is 0 Å². The van der Waals surface area contributed by atoms with Crippen molar-refractivity contribution in [2.45, 2.75) is 0 Å². The fourth-order valence-electron chi connectivity index (χ4n) is 4.16. The van der Waals surface area contributed by atoms with E-state index in [0.29, 0.717) is 35.2 Å². The zero-order valence-electron chi connectivity index (χ0n) is 17.6. The van der Waals surface area contributed by atoms with E-state index in [0.717, 1.165) is 6.26 Å². The molecular weight excluding hydrogens is 441 g/mol. The van der Waals surface area contributed by atoms with Crippen molar-refractivity contribution in [3.8, 4) is 0 Å². The standard InChI is InChI=1S/C20H24FN5O5S/c1-32(30,31)26-10-8-24(9-11-26)19(27)16-13-22-17-3-2-14(21)12-15(17)18(16)23-4-6-25(7-5-23)20(28)29/h2-3,12-13H,4-11H2,1H3,(H,28,29). The molecule has 0 radical (unpaired) electrons. The number of rotatable bonds is 3. The van der Waals surface area contributed by atoms with Gasteiger partial charge >= 0.3 is 6.09 Å². The van der Waals surface area contributed by atoms with Crippen molar-refractivity contribution in [3.05, 3.63) is 35.8 Å². The number of hydrogen-bond acceptors (Lipinski definition) is 6. The number of anilines is 1. The molecule has 0 aliphatic carbocycles. The number of pyridine rings is 1. The molecule has 1 N–H and O–H groups in total. The summed E-state index contributed by atoms with van der Waals surface area (Å²) in [6.45, 7) is 2.09. The number of sulfonamides is 1. The molecule has 4 rings (SSSR count). The molecule has 0 unspecified atom stereocenters. The number of piperazine rings is 2. The number of halogens is 1. The van der Waals surface area contributed by atoms with E-state index in [4.69, 9.17) is 0 Å². The Hall–Kier alpha value is -2.99. The van der Waals surface area contributed by atoms with Gasteiger partial charge in [0.05, 0.1) is 23.0 Å². The van der Waals surface area contributed by atoms with Crippen molar-refractivity contribution in [3.63, 3.8) is 0 Å². The Kier molecular flexibility index (Phi) is 5.91. The number of nitrogens with zero attached hydrogens (tertiary/aromatic N) is 5. The summed E-state index contributed by atoms with van der Waals surface area (Å²) in [6, 6.07) is 4.17. The third-order valence-electron chi connectivity index (χ3n) is 5.89. The molecule has 32 heavy (non-hydrogen) atoms. The molecule has 10 nitrogen and oxygen atoms in total. The van der Waals surface area contributed by atoms with Crippen LogP contribution in [0.4, 0.5) is 14.9 Å². The summed E-state index contributed by atoms with van der Waals surface area (Å²) >= 11 is 0. The van der Waals surface area contributed by atoms with Crippen molar-refractivity contribution < 1.29 is 27.5 Å². The molecule has 0 saturated carbocycles. The van der Waals surface area contributed by atoms with Crippen LogP contribution in [0.25, 0.3) is 10.9 Å². The lowest BCUT2D eigenvalue weighted by Gasteiger charge is -2.37. The van der Waals surface area contributed by atoms with Gasteiger partial charge in [0.2, 0.25) is 10.0 Å². The second kappa shape index (κ2) is 8.51. The predicted molar refractivity (Wildman–Crippen MR) is 116 cm³/mol. The normalized spacial score (nSPS) is 18.2. The minimum absolute atomic E-state index is 0.201. The summed E-state index contributed by atoms with van der Waals surface area (Å²) in [5.41, 5.74) is 1.34. The highest BCUT2D eigenvalue weighted by atomic mass is 32.2. The van der Waals surface area contributed by atoms with Crippen LogP contribution in [-0.4, -0.2) is 103 Å². The smallest absolute Gasteiger partial charge is 0.407 e. The minimum Gasteiger partial charge on any atom is -0.465 e. The van der Waals surface area contributed by atoms with Gasteiger partial charge in [0.25, 0.3) is 5.91 Å². The molecule has 3 heterocycles. The molecule has 2 amide bonds. The van der Waals surface area contributed by atoms with E-state index in [2.05, 4.69) is 4.98 Å². The van der Waals surface area contributed by atoms with Gasteiger partial charge in [-0.1, -0.05) is 0 Å². The highest BCUT2D eigenvalue weighted by molar-refractivity contribution is 7.88. The summed E-state index contributed by atoms with van der Waals surface area (Å²) in [4.78, 5) is 33.8. The third kappa shape index (κ3) is 4.32. The van der Waals surface area contributed by atoms with Crippen LogP contribution in [0.1, 0.15) is 10.4 Å². The van der Waals surface area contributed by atoms with Crippen LogP contribution in [0, 0.1) is 5.82 Å². The van der Waals surface area contributed by atoms with Crippen LogP contribution in [0.2, 0.25) is 0 Å². The number of amides is 2. The van der Waals surface area contributed by atoms with Crippen molar-refractivity contribution >= 4 is 38.6 Å². The Morgan fingerprint density at radius 1 is 1.00 bits per heavy atom. The van der Waals surface area contributed by atoms with E-state index in [1.165, 1.54) is 27.5 Å². The first-order valence-electron chi connectivity index (χ1n) is 10.2. The molecular formula is C20H24FN5O5S. The zero-order chi connectivity index (χ0) is 23.0. The summed E-state index contributed by atoms with van der Waals surface area (Å²) < 4.78 is 39.0. The summed E-state index contributed by atoms with van der Waals surface area (Å²) in [7, 11) is -3.33. The lowest BCUT2D eigenvalue weighted by Crippen LogP contribution is -2.51. The number of aromatic nitrogens is 1. The van der Waals surface area contributed by atoms with Crippen molar-refractivity contribution in [1.82, 2.24) is 19.1 Å². The SMILES string of the molecule is CS(=O)(=O)N1CCN(C(=O)c2cnc3ccc(F)cc3c2N2CCN(C(=O)O)CC2)CC1. The number of carbonyl (C=O) groups is 2. The van der Waals surface area contributed by atoms with E-state index in [9.17, 15) is 27.5 Å². The molecule has 2 aliphatic heterocycles. The number of hydrogen-bond donors (Lipinski definition) is 1.